The predicted octanol–water partition coefficient (Wildman–Crippen LogP) is 1.07. The van der Waals surface area contributed by atoms with Gasteiger partial charge in [-0.25, -0.2) is 4.98 Å². The minimum Gasteiger partial charge on any atom is -0.481 e. The molecule has 1 aromatic carbocycles. The summed E-state index contributed by atoms with van der Waals surface area (Å²) >= 11 is 0. The van der Waals surface area contributed by atoms with Crippen molar-refractivity contribution in [2.75, 3.05) is 7.11 Å². The summed E-state index contributed by atoms with van der Waals surface area (Å²) in [6.07, 6.45) is 1.54. The van der Waals surface area contributed by atoms with Crippen LogP contribution in [0, 0.1) is 0 Å². The van der Waals surface area contributed by atoms with Crippen LogP contribution in [0.4, 0.5) is 0 Å². The number of rotatable bonds is 3. The number of hydrogen-bond acceptors (Lipinski definition) is 6. The van der Waals surface area contributed by atoms with Crippen molar-refractivity contribution >= 4 is 11.0 Å². The van der Waals surface area contributed by atoms with Crippen LogP contribution in [0.2, 0.25) is 0 Å². The summed E-state index contributed by atoms with van der Waals surface area (Å²) in [4.78, 5) is 14.7. The molecule has 0 spiro atoms. The van der Waals surface area contributed by atoms with Crippen LogP contribution in [0.3, 0.4) is 0 Å². The van der Waals surface area contributed by atoms with Gasteiger partial charge in [0.1, 0.15) is 11.0 Å². The van der Waals surface area contributed by atoms with Crippen LogP contribution in [-0.2, 0) is 0 Å². The first-order valence-corrected chi connectivity index (χ1v) is 5.22. The van der Waals surface area contributed by atoms with Crippen LogP contribution in [-0.4, -0.2) is 32.2 Å². The monoisotopic (exact) mass is 243 g/mol. The smallest absolute Gasteiger partial charge is 0.348 e. The van der Waals surface area contributed by atoms with Crippen molar-refractivity contribution in [3.8, 4) is 11.9 Å². The van der Waals surface area contributed by atoms with Crippen molar-refractivity contribution in [2.24, 2.45) is 0 Å². The van der Waals surface area contributed by atoms with Crippen molar-refractivity contribution in [1.29, 1.82) is 0 Å². The first kappa shape index (κ1) is 10.5. The molecule has 0 radical (unpaired) electrons. The number of methoxy groups -OCH3 is 1. The largest absolute Gasteiger partial charge is 0.481 e. The maximum absolute atomic E-state index is 5.41. The standard InChI is InChI=1S/C11H9N5O2/c1-17-10-6-7-12-11(13-10)18-16-9-5-3-2-4-8(9)14-15-16/h2-7H,1H3. The lowest BCUT2D eigenvalue weighted by atomic mass is 10.3. The van der Waals surface area contributed by atoms with Gasteiger partial charge in [-0.05, 0) is 17.3 Å². The highest BCUT2D eigenvalue weighted by Gasteiger charge is 2.07. The minimum atomic E-state index is 0.144. The van der Waals surface area contributed by atoms with Gasteiger partial charge < -0.3 is 9.57 Å². The van der Waals surface area contributed by atoms with E-state index in [0.29, 0.717) is 5.88 Å². The summed E-state index contributed by atoms with van der Waals surface area (Å²) < 4.78 is 4.99. The third kappa shape index (κ3) is 1.81. The summed E-state index contributed by atoms with van der Waals surface area (Å²) in [6, 6.07) is 9.21. The van der Waals surface area contributed by atoms with Gasteiger partial charge >= 0.3 is 6.01 Å². The van der Waals surface area contributed by atoms with Crippen molar-refractivity contribution in [2.45, 2.75) is 0 Å². The van der Waals surface area contributed by atoms with Crippen LogP contribution in [0.1, 0.15) is 0 Å². The van der Waals surface area contributed by atoms with Crippen LogP contribution in [0.5, 0.6) is 11.9 Å². The lowest BCUT2D eigenvalue weighted by molar-refractivity contribution is 0.164. The van der Waals surface area contributed by atoms with E-state index in [0.717, 1.165) is 11.0 Å². The molecular formula is C11H9N5O2. The number of nitrogens with zero attached hydrogens (tertiary/aromatic N) is 5. The van der Waals surface area contributed by atoms with Crippen molar-refractivity contribution in [3.63, 3.8) is 0 Å². The zero-order valence-electron chi connectivity index (χ0n) is 9.52. The highest BCUT2D eigenvalue weighted by molar-refractivity contribution is 5.73. The molecule has 7 nitrogen and oxygen atoms in total. The molecule has 7 heteroatoms. The van der Waals surface area contributed by atoms with Gasteiger partial charge in [0.05, 0.1) is 7.11 Å². The number of ether oxygens (including phenoxy) is 1. The number of benzene rings is 1. The SMILES string of the molecule is COc1ccnc(On2nnc3ccccc32)n1. The first-order valence-electron chi connectivity index (χ1n) is 5.22. The lowest BCUT2D eigenvalue weighted by Gasteiger charge is -2.03. The minimum absolute atomic E-state index is 0.144. The molecule has 0 N–H and O–H groups in total. The molecule has 0 atom stereocenters. The predicted molar refractivity (Wildman–Crippen MR) is 62.1 cm³/mol. The van der Waals surface area contributed by atoms with E-state index in [9.17, 15) is 0 Å². The molecule has 0 amide bonds. The Hall–Kier alpha value is -2.70. The summed E-state index contributed by atoms with van der Waals surface area (Å²) in [5.41, 5.74) is 1.48. The van der Waals surface area contributed by atoms with Crippen molar-refractivity contribution in [3.05, 3.63) is 36.5 Å². The summed E-state index contributed by atoms with van der Waals surface area (Å²) in [5.74, 6) is 0.421. The molecule has 0 aliphatic rings. The molecule has 18 heavy (non-hydrogen) atoms. The Balaban J connectivity index is 1.96. The molecule has 90 valence electrons. The molecule has 0 saturated carbocycles. The van der Waals surface area contributed by atoms with E-state index < -0.39 is 0 Å². The highest BCUT2D eigenvalue weighted by Crippen LogP contribution is 2.13. The first-order chi connectivity index (χ1) is 8.86. The zero-order chi connectivity index (χ0) is 12.4. The van der Waals surface area contributed by atoms with Gasteiger partial charge in [0.25, 0.3) is 0 Å². The van der Waals surface area contributed by atoms with E-state index in [1.54, 1.807) is 12.3 Å². The van der Waals surface area contributed by atoms with Gasteiger partial charge in [0.15, 0.2) is 0 Å². The van der Waals surface area contributed by atoms with Crippen LogP contribution >= 0.6 is 0 Å². The van der Waals surface area contributed by atoms with Gasteiger partial charge in [0, 0.05) is 12.3 Å². The second-order valence-corrected chi connectivity index (χ2v) is 3.42. The van der Waals surface area contributed by atoms with Gasteiger partial charge in [-0.3, -0.25) is 0 Å². The van der Waals surface area contributed by atoms with Crippen molar-refractivity contribution in [1.82, 2.24) is 25.1 Å². The maximum atomic E-state index is 5.41. The van der Waals surface area contributed by atoms with E-state index in [4.69, 9.17) is 9.57 Å². The maximum Gasteiger partial charge on any atom is 0.348 e. The van der Waals surface area contributed by atoms with Crippen molar-refractivity contribution < 1.29 is 9.57 Å². The topological polar surface area (TPSA) is 75.0 Å². The number of hydrogen-bond donors (Lipinski definition) is 0. The summed E-state index contributed by atoms with van der Waals surface area (Å²) in [5, 5.41) is 7.83. The Bertz CT molecular complexity index is 682. The molecule has 0 aliphatic heterocycles. The fourth-order valence-corrected chi connectivity index (χ4v) is 1.48. The van der Waals surface area contributed by atoms with Crippen LogP contribution in [0.25, 0.3) is 11.0 Å². The summed E-state index contributed by atoms with van der Waals surface area (Å²) in [7, 11) is 1.52. The molecule has 3 rings (SSSR count). The van der Waals surface area contributed by atoms with E-state index in [2.05, 4.69) is 20.3 Å². The second kappa shape index (κ2) is 4.28. The molecule has 0 fully saturated rings. The van der Waals surface area contributed by atoms with E-state index in [1.165, 1.54) is 12.0 Å². The Labute approximate surface area is 102 Å². The van der Waals surface area contributed by atoms with E-state index >= 15 is 0 Å². The Morgan fingerprint density at radius 3 is 2.94 bits per heavy atom. The average molecular weight is 243 g/mol. The third-order valence-electron chi connectivity index (χ3n) is 2.31. The number of para-hydroxylation sites is 1. The van der Waals surface area contributed by atoms with Gasteiger partial charge in [-0.15, -0.1) is 5.10 Å². The molecular weight excluding hydrogens is 234 g/mol. The lowest BCUT2D eigenvalue weighted by Crippen LogP contribution is -2.09. The van der Waals surface area contributed by atoms with Crippen LogP contribution in [0.15, 0.2) is 36.5 Å². The molecule has 0 aliphatic carbocycles. The molecule has 0 saturated heterocycles. The normalized spacial score (nSPS) is 10.5. The number of fused-ring (bicyclic) bond motifs is 1. The van der Waals surface area contributed by atoms with Gasteiger partial charge in [-0.2, -0.15) is 4.98 Å². The Morgan fingerprint density at radius 1 is 1.17 bits per heavy atom. The molecule has 0 unspecified atom stereocenters. The molecule has 3 aromatic rings. The fourth-order valence-electron chi connectivity index (χ4n) is 1.48. The summed E-state index contributed by atoms with van der Waals surface area (Å²) in [6.45, 7) is 0. The number of aromatic nitrogens is 5. The molecule has 2 heterocycles. The van der Waals surface area contributed by atoms with Gasteiger partial charge in [-0.1, -0.05) is 17.0 Å². The highest BCUT2D eigenvalue weighted by atomic mass is 16.7. The van der Waals surface area contributed by atoms with Crippen LogP contribution < -0.4 is 9.57 Å². The Morgan fingerprint density at radius 2 is 2.06 bits per heavy atom. The quantitative estimate of drug-likeness (QED) is 0.685. The van der Waals surface area contributed by atoms with E-state index in [-0.39, 0.29) is 6.01 Å². The average Bonchev–Trinajstić information content (AvgIpc) is 2.83. The fraction of sp³-hybridized carbons (Fsp3) is 0.0909. The Kier molecular flexibility index (Phi) is 2.49. The zero-order valence-corrected chi connectivity index (χ0v) is 9.52. The van der Waals surface area contributed by atoms with Gasteiger partial charge in [0.2, 0.25) is 5.88 Å². The molecule has 0 bridgehead atoms. The van der Waals surface area contributed by atoms with E-state index in [1.807, 2.05) is 24.3 Å². The molecule has 2 aromatic heterocycles. The second-order valence-electron chi connectivity index (χ2n) is 3.42. The third-order valence-corrected chi connectivity index (χ3v) is 2.31.